The summed E-state index contributed by atoms with van der Waals surface area (Å²) in [6, 6.07) is 20.0. The molecule has 190 valence electrons. The molecular weight excluding hydrogens is 490 g/mol. The molecule has 0 fully saturated rings. The number of rotatable bonds is 7. The zero-order chi connectivity index (χ0) is 25.9. The second-order valence-electron chi connectivity index (χ2n) is 8.41. The number of hydrogen-bond acceptors (Lipinski definition) is 6. The number of nitrogens with zero attached hydrogens (tertiary/aromatic N) is 1. The lowest BCUT2D eigenvalue weighted by Gasteiger charge is -2.38. The van der Waals surface area contributed by atoms with Gasteiger partial charge in [-0.1, -0.05) is 18.2 Å². The van der Waals surface area contributed by atoms with Gasteiger partial charge in [0, 0.05) is 11.4 Å². The molecule has 1 atom stereocenters. The highest BCUT2D eigenvalue weighted by molar-refractivity contribution is 7.80. The van der Waals surface area contributed by atoms with Crippen molar-refractivity contribution in [2.24, 2.45) is 0 Å². The molecule has 0 radical (unpaired) electrons. The minimum absolute atomic E-state index is 0.164. The Balaban J connectivity index is 1.57. The number of methoxy groups -OCH3 is 1. The summed E-state index contributed by atoms with van der Waals surface area (Å²) in [6.45, 7) is 4.57. The molecule has 2 N–H and O–H groups in total. The number of anilines is 2. The van der Waals surface area contributed by atoms with Crippen LogP contribution in [0.1, 0.15) is 25.5 Å². The van der Waals surface area contributed by atoms with Crippen LogP contribution in [0.3, 0.4) is 0 Å². The molecule has 0 saturated heterocycles. The van der Waals surface area contributed by atoms with Gasteiger partial charge in [-0.2, -0.15) is 0 Å². The summed E-state index contributed by atoms with van der Waals surface area (Å²) in [7, 11) is 1.57. The fourth-order valence-electron chi connectivity index (χ4n) is 4.49. The number of para-hydroxylation sites is 2. The normalized spacial score (nSPS) is 16.4. The Labute approximate surface area is 220 Å². The molecule has 2 heterocycles. The van der Waals surface area contributed by atoms with Gasteiger partial charge in [-0.05, 0) is 80.2 Å². The molecular formula is C28H27N3O5S. The predicted octanol–water partition coefficient (Wildman–Crippen LogP) is 5.17. The van der Waals surface area contributed by atoms with Crippen molar-refractivity contribution in [2.75, 3.05) is 30.7 Å². The van der Waals surface area contributed by atoms with Crippen LogP contribution in [0.25, 0.3) is 0 Å². The lowest BCUT2D eigenvalue weighted by molar-refractivity contribution is -0.113. The van der Waals surface area contributed by atoms with E-state index in [1.165, 1.54) is 0 Å². The Morgan fingerprint density at radius 2 is 1.86 bits per heavy atom. The molecule has 8 nitrogen and oxygen atoms in total. The van der Waals surface area contributed by atoms with Gasteiger partial charge in [-0.3, -0.25) is 9.69 Å². The fraction of sp³-hybridized carbons (Fsp3) is 0.214. The van der Waals surface area contributed by atoms with E-state index in [-0.39, 0.29) is 12.7 Å². The largest absolute Gasteiger partial charge is 0.495 e. The van der Waals surface area contributed by atoms with Crippen LogP contribution in [0.15, 0.2) is 78.0 Å². The van der Waals surface area contributed by atoms with Gasteiger partial charge in [0.1, 0.15) is 11.5 Å². The Bertz CT molecular complexity index is 1370. The third kappa shape index (κ3) is 4.77. The van der Waals surface area contributed by atoms with Crippen LogP contribution in [-0.4, -0.2) is 31.5 Å². The molecule has 1 unspecified atom stereocenters. The molecule has 0 bridgehead atoms. The number of carbonyl (C=O) groups excluding carboxylic acids is 1. The molecule has 1 amide bonds. The first-order chi connectivity index (χ1) is 18.0. The zero-order valence-corrected chi connectivity index (χ0v) is 21.6. The maximum absolute atomic E-state index is 13.9. The van der Waals surface area contributed by atoms with Gasteiger partial charge in [0.25, 0.3) is 5.91 Å². The molecule has 0 spiro atoms. The highest BCUT2D eigenvalue weighted by Gasteiger charge is 2.35. The van der Waals surface area contributed by atoms with Crippen molar-refractivity contribution in [3.63, 3.8) is 0 Å². The number of amides is 1. The fourth-order valence-corrected chi connectivity index (χ4v) is 4.85. The Hall–Kier alpha value is -4.24. The van der Waals surface area contributed by atoms with Crippen molar-refractivity contribution in [3.8, 4) is 23.0 Å². The molecule has 3 aromatic rings. The smallest absolute Gasteiger partial charge is 0.255 e. The monoisotopic (exact) mass is 517 g/mol. The molecule has 2 aliphatic rings. The number of fused-ring (bicyclic) bond motifs is 1. The highest BCUT2D eigenvalue weighted by Crippen LogP contribution is 2.39. The summed E-state index contributed by atoms with van der Waals surface area (Å²) in [5.74, 6) is 2.34. The van der Waals surface area contributed by atoms with E-state index in [0.29, 0.717) is 45.9 Å². The van der Waals surface area contributed by atoms with Gasteiger partial charge in [0.05, 0.1) is 31.0 Å². The number of nitrogens with one attached hydrogen (secondary N) is 2. The average molecular weight is 518 g/mol. The minimum Gasteiger partial charge on any atom is -0.495 e. The summed E-state index contributed by atoms with van der Waals surface area (Å²) in [5, 5.41) is 6.86. The van der Waals surface area contributed by atoms with E-state index in [1.807, 2.05) is 73.3 Å². The third-order valence-electron chi connectivity index (χ3n) is 6.22. The zero-order valence-electron chi connectivity index (χ0n) is 20.7. The van der Waals surface area contributed by atoms with E-state index in [0.717, 1.165) is 17.0 Å². The lowest BCUT2D eigenvalue weighted by atomic mass is 9.93. The number of hydrogen-bond donors (Lipinski definition) is 2. The summed E-state index contributed by atoms with van der Waals surface area (Å²) in [6.07, 6.45) is 0. The van der Waals surface area contributed by atoms with E-state index in [2.05, 4.69) is 10.6 Å². The Morgan fingerprint density at radius 3 is 2.62 bits per heavy atom. The van der Waals surface area contributed by atoms with E-state index >= 15 is 0 Å². The van der Waals surface area contributed by atoms with Crippen molar-refractivity contribution >= 4 is 34.6 Å². The first-order valence-corrected chi connectivity index (χ1v) is 12.3. The average Bonchev–Trinajstić information content (AvgIpc) is 3.38. The molecule has 3 aromatic carbocycles. The summed E-state index contributed by atoms with van der Waals surface area (Å²) in [5.41, 5.74) is 3.41. The van der Waals surface area contributed by atoms with E-state index < -0.39 is 6.04 Å². The molecule has 37 heavy (non-hydrogen) atoms. The van der Waals surface area contributed by atoms with Crippen molar-refractivity contribution in [1.82, 2.24) is 5.32 Å². The topological polar surface area (TPSA) is 81.3 Å². The summed E-state index contributed by atoms with van der Waals surface area (Å²) >= 11 is 5.80. The van der Waals surface area contributed by atoms with Gasteiger partial charge >= 0.3 is 0 Å². The minimum atomic E-state index is -0.518. The van der Waals surface area contributed by atoms with Crippen molar-refractivity contribution in [3.05, 3.63) is 83.6 Å². The van der Waals surface area contributed by atoms with Gasteiger partial charge in [0.15, 0.2) is 16.6 Å². The predicted molar refractivity (Wildman–Crippen MR) is 145 cm³/mol. The molecule has 2 aliphatic heterocycles. The highest BCUT2D eigenvalue weighted by atomic mass is 32.1. The molecule has 5 rings (SSSR count). The van der Waals surface area contributed by atoms with Crippen LogP contribution in [-0.2, 0) is 4.79 Å². The van der Waals surface area contributed by atoms with Gasteiger partial charge < -0.3 is 29.6 Å². The second kappa shape index (κ2) is 10.4. The third-order valence-corrected chi connectivity index (χ3v) is 6.52. The van der Waals surface area contributed by atoms with Crippen LogP contribution in [0.2, 0.25) is 0 Å². The quantitative estimate of drug-likeness (QED) is 0.416. The van der Waals surface area contributed by atoms with E-state index in [9.17, 15) is 4.79 Å². The van der Waals surface area contributed by atoms with Crippen LogP contribution in [0, 0.1) is 0 Å². The Morgan fingerprint density at radius 1 is 1.11 bits per heavy atom. The summed E-state index contributed by atoms with van der Waals surface area (Å²) < 4.78 is 22.1. The van der Waals surface area contributed by atoms with E-state index in [4.69, 9.17) is 31.2 Å². The van der Waals surface area contributed by atoms with Crippen LogP contribution in [0.4, 0.5) is 11.4 Å². The van der Waals surface area contributed by atoms with Crippen LogP contribution in [0.5, 0.6) is 23.0 Å². The Kier molecular flexibility index (Phi) is 6.87. The first kappa shape index (κ1) is 24.5. The lowest BCUT2D eigenvalue weighted by Crippen LogP contribution is -2.48. The van der Waals surface area contributed by atoms with Crippen molar-refractivity contribution < 1.29 is 23.7 Å². The maximum atomic E-state index is 13.9. The van der Waals surface area contributed by atoms with Crippen molar-refractivity contribution in [1.29, 1.82) is 0 Å². The van der Waals surface area contributed by atoms with Crippen molar-refractivity contribution in [2.45, 2.75) is 19.9 Å². The number of benzene rings is 3. The summed E-state index contributed by atoms with van der Waals surface area (Å²) in [4.78, 5) is 15.7. The second-order valence-corrected chi connectivity index (χ2v) is 8.80. The van der Waals surface area contributed by atoms with Gasteiger partial charge in [-0.25, -0.2) is 0 Å². The van der Waals surface area contributed by atoms with Gasteiger partial charge in [0.2, 0.25) is 6.79 Å². The maximum Gasteiger partial charge on any atom is 0.255 e. The SMILES string of the molecule is CCOc1ccc(N2C(=S)NC(c3ccc4c(c3)OCO4)C(C(=O)Nc3ccccc3OC)=C2C)cc1. The van der Waals surface area contributed by atoms with E-state index in [1.54, 1.807) is 19.2 Å². The van der Waals surface area contributed by atoms with Crippen LogP contribution >= 0.6 is 12.2 Å². The molecule has 0 aliphatic carbocycles. The number of carbonyl (C=O) groups is 1. The molecule has 9 heteroatoms. The molecule has 0 saturated carbocycles. The van der Waals surface area contributed by atoms with Crippen LogP contribution < -0.4 is 34.5 Å². The molecule has 0 aromatic heterocycles. The first-order valence-electron chi connectivity index (χ1n) is 11.9. The number of thiocarbonyl (C=S) groups is 1. The standard InChI is InChI=1S/C28H27N3O5S/c1-4-34-20-12-10-19(11-13-20)31-17(2)25(27(32)29-21-7-5-6-8-22(21)33-3)26(30-28(31)37)18-9-14-23-24(15-18)36-16-35-23/h5-15,26H,4,16H2,1-3H3,(H,29,32)(H,30,37). The van der Waals surface area contributed by atoms with Gasteiger partial charge in [-0.15, -0.1) is 0 Å². The number of ether oxygens (including phenoxy) is 4. The number of allylic oxidation sites excluding steroid dienone is 1.